The lowest BCUT2D eigenvalue weighted by Gasteiger charge is -2.19. The Labute approximate surface area is 127 Å². The zero-order valence-corrected chi connectivity index (χ0v) is 12.0. The monoisotopic (exact) mass is 294 g/mol. The molecule has 0 saturated carbocycles. The van der Waals surface area contributed by atoms with Gasteiger partial charge in [0.05, 0.1) is 11.0 Å². The van der Waals surface area contributed by atoms with Crippen LogP contribution in [0.3, 0.4) is 0 Å². The van der Waals surface area contributed by atoms with Gasteiger partial charge in [0, 0.05) is 23.3 Å². The van der Waals surface area contributed by atoms with Crippen LogP contribution in [0.25, 0.3) is 5.76 Å². The molecule has 3 rings (SSSR count). The summed E-state index contributed by atoms with van der Waals surface area (Å²) in [5.41, 5.74) is 1.75. The fourth-order valence-corrected chi connectivity index (χ4v) is 2.22. The molecule has 0 N–H and O–H groups in total. The predicted octanol–water partition coefficient (Wildman–Crippen LogP) is 3.80. The van der Waals surface area contributed by atoms with Crippen molar-refractivity contribution in [3.63, 3.8) is 0 Å². The van der Waals surface area contributed by atoms with Crippen molar-refractivity contribution in [2.24, 2.45) is 4.99 Å². The number of nitrogens with zero attached hydrogens (tertiary/aromatic N) is 2. The third-order valence-corrected chi connectivity index (χ3v) is 3.30. The molecular formula is C17H14N2O3. The first kappa shape index (κ1) is 14.0. The Kier molecular flexibility index (Phi) is 3.70. The lowest BCUT2D eigenvalue weighted by Crippen LogP contribution is -2.15. The average Bonchev–Trinajstić information content (AvgIpc) is 2.55. The first-order valence-electron chi connectivity index (χ1n) is 6.91. The molecule has 0 fully saturated rings. The number of nitro groups is 1. The van der Waals surface area contributed by atoms with Crippen LogP contribution in [0, 0.1) is 10.1 Å². The molecule has 5 heteroatoms. The zero-order valence-electron chi connectivity index (χ0n) is 12.0. The molecule has 0 amide bonds. The highest BCUT2D eigenvalue weighted by atomic mass is 16.6. The number of nitro benzene ring substituents is 1. The fourth-order valence-electron chi connectivity index (χ4n) is 2.22. The third-order valence-electron chi connectivity index (χ3n) is 3.30. The molecule has 1 unspecified atom stereocenters. The van der Waals surface area contributed by atoms with Crippen LogP contribution in [0.1, 0.15) is 18.1 Å². The lowest BCUT2D eigenvalue weighted by atomic mass is 10.1. The molecule has 1 heterocycles. The summed E-state index contributed by atoms with van der Waals surface area (Å²) in [6, 6.07) is 16.0. The molecule has 0 aromatic heterocycles. The Balaban J connectivity index is 1.88. The van der Waals surface area contributed by atoms with Crippen molar-refractivity contribution in [2.75, 3.05) is 0 Å². The third kappa shape index (κ3) is 2.88. The predicted molar refractivity (Wildman–Crippen MR) is 84.6 cm³/mol. The van der Waals surface area contributed by atoms with E-state index in [1.54, 1.807) is 12.1 Å². The Morgan fingerprint density at radius 1 is 1.05 bits per heavy atom. The summed E-state index contributed by atoms with van der Waals surface area (Å²) < 4.78 is 5.87. The molecule has 0 aliphatic carbocycles. The van der Waals surface area contributed by atoms with E-state index in [1.165, 1.54) is 12.1 Å². The number of non-ortho nitro benzene ring substituents is 1. The van der Waals surface area contributed by atoms with Crippen LogP contribution in [-0.2, 0) is 4.74 Å². The van der Waals surface area contributed by atoms with Crippen molar-refractivity contribution in [3.8, 4) is 0 Å². The molecule has 0 spiro atoms. The number of aliphatic imine (C=N–C) groups is 1. The van der Waals surface area contributed by atoms with Crippen molar-refractivity contribution in [3.05, 3.63) is 81.9 Å². The van der Waals surface area contributed by atoms with Crippen LogP contribution in [0.2, 0.25) is 0 Å². The number of benzene rings is 2. The largest absolute Gasteiger partial charge is 0.438 e. The van der Waals surface area contributed by atoms with Gasteiger partial charge in [-0.25, -0.2) is 4.99 Å². The van der Waals surface area contributed by atoms with E-state index in [1.807, 2.05) is 43.3 Å². The smallest absolute Gasteiger partial charge is 0.269 e. The van der Waals surface area contributed by atoms with Crippen molar-refractivity contribution < 1.29 is 9.66 Å². The van der Waals surface area contributed by atoms with Gasteiger partial charge in [-0.3, -0.25) is 10.1 Å². The van der Waals surface area contributed by atoms with E-state index in [-0.39, 0.29) is 11.7 Å². The molecule has 5 nitrogen and oxygen atoms in total. The highest BCUT2D eigenvalue weighted by Gasteiger charge is 2.18. The summed E-state index contributed by atoms with van der Waals surface area (Å²) in [4.78, 5) is 14.7. The standard InChI is InChI=1S/C17H14N2O3/c1-12-11-16(13-5-3-2-4-6-13)22-17(18-12)14-7-9-15(10-8-14)19(20)21/h2-12H,1H3. The molecule has 0 bridgehead atoms. The quantitative estimate of drug-likeness (QED) is 0.639. The number of ether oxygens (including phenoxy) is 1. The van der Waals surface area contributed by atoms with Gasteiger partial charge in [0.2, 0.25) is 5.90 Å². The van der Waals surface area contributed by atoms with Gasteiger partial charge in [0.1, 0.15) is 5.76 Å². The van der Waals surface area contributed by atoms with E-state index in [4.69, 9.17) is 4.74 Å². The normalized spacial score (nSPS) is 17.2. The molecular weight excluding hydrogens is 280 g/mol. The molecule has 2 aromatic rings. The molecule has 0 radical (unpaired) electrons. The molecule has 2 aromatic carbocycles. The Morgan fingerprint density at radius 3 is 2.36 bits per heavy atom. The minimum atomic E-state index is -0.425. The Bertz CT molecular complexity index is 749. The maximum Gasteiger partial charge on any atom is 0.269 e. The second-order valence-corrected chi connectivity index (χ2v) is 4.98. The summed E-state index contributed by atoms with van der Waals surface area (Å²) >= 11 is 0. The van der Waals surface area contributed by atoms with Gasteiger partial charge in [-0.15, -0.1) is 0 Å². The summed E-state index contributed by atoms with van der Waals surface area (Å²) in [6.07, 6.45) is 1.95. The summed E-state index contributed by atoms with van der Waals surface area (Å²) in [7, 11) is 0. The molecule has 110 valence electrons. The van der Waals surface area contributed by atoms with Crippen LogP contribution in [0.15, 0.2) is 65.7 Å². The van der Waals surface area contributed by atoms with Gasteiger partial charge in [0.15, 0.2) is 0 Å². The van der Waals surface area contributed by atoms with Crippen LogP contribution in [-0.4, -0.2) is 16.9 Å². The van der Waals surface area contributed by atoms with E-state index in [0.717, 1.165) is 16.9 Å². The molecule has 22 heavy (non-hydrogen) atoms. The minimum absolute atomic E-state index is 0.0193. The maximum absolute atomic E-state index is 10.7. The topological polar surface area (TPSA) is 64.7 Å². The van der Waals surface area contributed by atoms with Gasteiger partial charge in [-0.2, -0.15) is 0 Å². The Morgan fingerprint density at radius 2 is 1.73 bits per heavy atom. The van der Waals surface area contributed by atoms with Gasteiger partial charge >= 0.3 is 0 Å². The zero-order chi connectivity index (χ0) is 15.5. The highest BCUT2D eigenvalue weighted by molar-refractivity contribution is 5.98. The molecule has 1 aliphatic heterocycles. The first-order chi connectivity index (χ1) is 10.6. The Hall–Kier alpha value is -2.95. The number of rotatable bonds is 3. The average molecular weight is 294 g/mol. The number of hydrogen-bond acceptors (Lipinski definition) is 4. The van der Waals surface area contributed by atoms with Gasteiger partial charge in [-0.1, -0.05) is 30.3 Å². The van der Waals surface area contributed by atoms with Crippen LogP contribution in [0.5, 0.6) is 0 Å². The maximum atomic E-state index is 10.7. The van der Waals surface area contributed by atoms with Gasteiger partial charge in [-0.05, 0) is 25.1 Å². The summed E-state index contributed by atoms with van der Waals surface area (Å²) in [6.45, 7) is 1.97. The van der Waals surface area contributed by atoms with E-state index in [0.29, 0.717) is 5.90 Å². The molecule has 1 atom stereocenters. The molecule has 0 saturated heterocycles. The molecule has 1 aliphatic rings. The summed E-state index contributed by atoms with van der Waals surface area (Å²) in [5, 5.41) is 10.7. The fraction of sp³-hybridized carbons (Fsp3) is 0.118. The van der Waals surface area contributed by atoms with E-state index < -0.39 is 4.92 Å². The van der Waals surface area contributed by atoms with Crippen LogP contribution < -0.4 is 0 Å². The van der Waals surface area contributed by atoms with Crippen LogP contribution in [0.4, 0.5) is 5.69 Å². The second kappa shape index (κ2) is 5.81. The van der Waals surface area contributed by atoms with Crippen molar-refractivity contribution >= 4 is 17.3 Å². The minimum Gasteiger partial charge on any atom is -0.438 e. The van der Waals surface area contributed by atoms with Crippen molar-refractivity contribution in [1.29, 1.82) is 0 Å². The van der Waals surface area contributed by atoms with E-state index in [2.05, 4.69) is 4.99 Å². The van der Waals surface area contributed by atoms with Crippen molar-refractivity contribution in [1.82, 2.24) is 0 Å². The van der Waals surface area contributed by atoms with E-state index in [9.17, 15) is 10.1 Å². The van der Waals surface area contributed by atoms with E-state index >= 15 is 0 Å². The lowest BCUT2D eigenvalue weighted by molar-refractivity contribution is -0.384. The van der Waals surface area contributed by atoms with Gasteiger partial charge < -0.3 is 4.74 Å². The van der Waals surface area contributed by atoms with Crippen molar-refractivity contribution in [2.45, 2.75) is 13.0 Å². The second-order valence-electron chi connectivity index (χ2n) is 4.98. The van der Waals surface area contributed by atoms with Crippen LogP contribution >= 0.6 is 0 Å². The number of hydrogen-bond donors (Lipinski definition) is 0. The SMILES string of the molecule is CC1C=C(c2ccccc2)OC(c2ccc([N+](=O)[O-])cc2)=N1. The highest BCUT2D eigenvalue weighted by Crippen LogP contribution is 2.24. The first-order valence-corrected chi connectivity index (χ1v) is 6.91. The van der Waals surface area contributed by atoms with Gasteiger partial charge in [0.25, 0.3) is 5.69 Å². The summed E-state index contributed by atoms with van der Waals surface area (Å²) in [5.74, 6) is 1.22.